The second-order valence-electron chi connectivity index (χ2n) is 6.89. The number of nitrogens with zero attached hydrogens (tertiary/aromatic N) is 2. The maximum absolute atomic E-state index is 12.6. The molecule has 1 spiro atoms. The fourth-order valence-corrected chi connectivity index (χ4v) is 5.10. The van der Waals surface area contributed by atoms with E-state index in [4.69, 9.17) is 21.3 Å². The molecule has 2 atom stereocenters. The van der Waals surface area contributed by atoms with Gasteiger partial charge in [-0.25, -0.2) is 4.79 Å². The summed E-state index contributed by atoms with van der Waals surface area (Å²) in [7, 11) is 0. The van der Waals surface area contributed by atoms with E-state index in [0.29, 0.717) is 13.2 Å². The Morgan fingerprint density at radius 2 is 2.21 bits per heavy atom. The zero-order chi connectivity index (χ0) is 16.9. The van der Waals surface area contributed by atoms with Gasteiger partial charge in [0.15, 0.2) is 0 Å². The minimum absolute atomic E-state index is 0.223. The monoisotopic (exact) mass is 344 g/mol. The lowest BCUT2D eigenvalue weighted by Gasteiger charge is -2.49. The first-order valence-electron chi connectivity index (χ1n) is 8.51. The van der Waals surface area contributed by atoms with Crippen molar-refractivity contribution >= 4 is 29.1 Å². The number of carbonyl (C=O) groups excluding carboxylic acids is 1. The molecular formula is C19H21ClN2O2. The Bertz CT molecular complexity index is 772. The van der Waals surface area contributed by atoms with E-state index in [2.05, 4.69) is 25.1 Å². The summed E-state index contributed by atoms with van der Waals surface area (Å²) in [5.74, 6) is 0. The number of ether oxygens (including phenoxy) is 1. The van der Waals surface area contributed by atoms with E-state index in [1.165, 1.54) is 5.56 Å². The van der Waals surface area contributed by atoms with Gasteiger partial charge in [0.2, 0.25) is 0 Å². The molecule has 5 heteroatoms. The minimum atomic E-state index is -0.339. The van der Waals surface area contributed by atoms with Gasteiger partial charge < -0.3 is 9.64 Å². The molecule has 24 heavy (non-hydrogen) atoms. The highest BCUT2D eigenvalue weighted by atomic mass is 35.5. The molecule has 1 saturated carbocycles. The molecule has 2 fully saturated rings. The molecule has 1 aromatic rings. The highest BCUT2D eigenvalue weighted by molar-refractivity contribution is 6.29. The van der Waals surface area contributed by atoms with E-state index in [1.54, 1.807) is 5.54 Å². The van der Waals surface area contributed by atoms with Crippen molar-refractivity contribution in [2.75, 3.05) is 13.2 Å². The second-order valence-corrected chi connectivity index (χ2v) is 7.11. The predicted octanol–water partition coefficient (Wildman–Crippen LogP) is 4.55. The van der Waals surface area contributed by atoms with E-state index in [-0.39, 0.29) is 17.0 Å². The molecule has 2 heterocycles. The van der Waals surface area contributed by atoms with E-state index in [0.717, 1.165) is 36.2 Å². The molecule has 1 aromatic carbocycles. The number of benzene rings is 1. The quantitative estimate of drug-likeness (QED) is 0.750. The van der Waals surface area contributed by atoms with Crippen LogP contribution in [0.15, 0.2) is 40.4 Å². The van der Waals surface area contributed by atoms with Gasteiger partial charge >= 0.3 is 6.09 Å². The van der Waals surface area contributed by atoms with Crippen molar-refractivity contribution in [1.29, 1.82) is 0 Å². The molecule has 4 rings (SSSR count). The first-order valence-corrected chi connectivity index (χ1v) is 8.95. The summed E-state index contributed by atoms with van der Waals surface area (Å²) in [6, 6.07) is 8.26. The van der Waals surface area contributed by atoms with Crippen molar-refractivity contribution in [2.45, 2.75) is 44.1 Å². The molecule has 126 valence electrons. The van der Waals surface area contributed by atoms with Crippen LogP contribution in [0.25, 0.3) is 0 Å². The zero-order valence-electron chi connectivity index (χ0n) is 14.0. The van der Waals surface area contributed by atoms with Gasteiger partial charge in [0, 0.05) is 12.1 Å². The van der Waals surface area contributed by atoms with Gasteiger partial charge in [0.1, 0.15) is 0 Å². The third-order valence-corrected chi connectivity index (χ3v) is 6.29. The second kappa shape index (κ2) is 5.35. The minimum Gasteiger partial charge on any atom is -0.450 e. The topological polar surface area (TPSA) is 41.9 Å². The fraction of sp³-hybridized carbons (Fsp3) is 0.474. The van der Waals surface area contributed by atoms with Crippen molar-refractivity contribution in [3.8, 4) is 0 Å². The van der Waals surface area contributed by atoms with Crippen molar-refractivity contribution in [3.05, 3.63) is 40.9 Å². The number of halogens is 1. The van der Waals surface area contributed by atoms with E-state index < -0.39 is 0 Å². The van der Waals surface area contributed by atoms with Gasteiger partial charge in [-0.2, -0.15) is 0 Å². The normalized spacial score (nSPS) is 32.2. The van der Waals surface area contributed by atoms with Gasteiger partial charge in [-0.3, -0.25) is 4.99 Å². The van der Waals surface area contributed by atoms with Crippen LogP contribution in [0.5, 0.6) is 0 Å². The average molecular weight is 345 g/mol. The van der Waals surface area contributed by atoms with Crippen LogP contribution in [0.3, 0.4) is 0 Å². The van der Waals surface area contributed by atoms with Gasteiger partial charge in [0.05, 0.1) is 29.0 Å². The van der Waals surface area contributed by atoms with Gasteiger partial charge in [0.25, 0.3) is 0 Å². The largest absolute Gasteiger partial charge is 0.450 e. The van der Waals surface area contributed by atoms with Crippen LogP contribution in [-0.4, -0.2) is 35.4 Å². The van der Waals surface area contributed by atoms with Crippen LogP contribution in [0, 0.1) is 0 Å². The number of rotatable bonds is 1. The third kappa shape index (κ3) is 1.75. The molecule has 1 amide bonds. The SMILES string of the molecule is CCOC(=O)N1CCC23C(=Nc4ccccc42)/C(=C/Cl)CC[C@]13C. The first kappa shape index (κ1) is 15.7. The molecule has 3 aliphatic rings. The maximum Gasteiger partial charge on any atom is 0.410 e. The standard InChI is InChI=1S/C19H21ClN2O2/c1-3-24-17(23)22-11-10-19-14-6-4-5-7-15(14)21-16(19)13(12-20)8-9-18(19,22)2/h4-7,12H,3,8-11H2,1-2H3/b13-12+/t18-,19?/m0/s1. The number of para-hydroxylation sites is 1. The number of aliphatic imine (C=N–C) groups is 1. The summed E-state index contributed by atoms with van der Waals surface area (Å²) >= 11 is 6.12. The number of allylic oxidation sites excluding steroid dienone is 1. The highest BCUT2D eigenvalue weighted by Gasteiger charge is 2.65. The maximum atomic E-state index is 12.6. The van der Waals surface area contributed by atoms with Crippen molar-refractivity contribution in [3.63, 3.8) is 0 Å². The zero-order valence-corrected chi connectivity index (χ0v) is 14.8. The Hall–Kier alpha value is -1.81. The van der Waals surface area contributed by atoms with Crippen molar-refractivity contribution in [2.24, 2.45) is 4.99 Å². The number of amides is 1. The number of carbonyl (C=O) groups is 1. The van der Waals surface area contributed by atoms with E-state index >= 15 is 0 Å². The summed E-state index contributed by atoms with van der Waals surface area (Å²) < 4.78 is 5.33. The van der Waals surface area contributed by atoms with Crippen LogP contribution in [0.1, 0.15) is 38.7 Å². The summed E-state index contributed by atoms with van der Waals surface area (Å²) in [5.41, 5.74) is 5.39. The lowest BCUT2D eigenvalue weighted by Crippen LogP contribution is -2.60. The Morgan fingerprint density at radius 3 is 2.96 bits per heavy atom. The van der Waals surface area contributed by atoms with E-state index in [9.17, 15) is 4.79 Å². The molecule has 0 bridgehead atoms. The number of hydrogen-bond donors (Lipinski definition) is 0. The highest BCUT2D eigenvalue weighted by Crippen LogP contribution is 2.60. The molecule has 0 radical (unpaired) electrons. The van der Waals surface area contributed by atoms with Crippen LogP contribution in [-0.2, 0) is 10.2 Å². The summed E-state index contributed by atoms with van der Waals surface area (Å²) in [5, 5.41) is 0. The average Bonchev–Trinajstić information content (AvgIpc) is 3.08. The molecule has 1 aliphatic carbocycles. The van der Waals surface area contributed by atoms with Gasteiger partial charge in [-0.1, -0.05) is 29.8 Å². The number of hydrogen-bond acceptors (Lipinski definition) is 3. The lowest BCUT2D eigenvalue weighted by atomic mass is 9.57. The lowest BCUT2D eigenvalue weighted by molar-refractivity contribution is 0.0638. The Morgan fingerprint density at radius 1 is 1.42 bits per heavy atom. The Balaban J connectivity index is 1.90. The molecule has 1 saturated heterocycles. The predicted molar refractivity (Wildman–Crippen MR) is 95.1 cm³/mol. The van der Waals surface area contributed by atoms with Crippen molar-refractivity contribution in [1.82, 2.24) is 4.90 Å². The van der Waals surface area contributed by atoms with Gasteiger partial charge in [-0.15, -0.1) is 0 Å². The van der Waals surface area contributed by atoms with Crippen LogP contribution < -0.4 is 0 Å². The molecule has 0 N–H and O–H groups in total. The van der Waals surface area contributed by atoms with Crippen LogP contribution in [0.2, 0.25) is 0 Å². The molecule has 1 unspecified atom stereocenters. The first-order chi connectivity index (χ1) is 11.6. The Labute approximate surface area is 147 Å². The number of fused-ring (bicyclic) bond motifs is 1. The third-order valence-electron chi connectivity index (χ3n) is 6.03. The van der Waals surface area contributed by atoms with Crippen molar-refractivity contribution < 1.29 is 9.53 Å². The van der Waals surface area contributed by atoms with Gasteiger partial charge in [-0.05, 0) is 50.3 Å². The number of likely N-dealkylation sites (tertiary alicyclic amines) is 1. The fourth-order valence-electron chi connectivity index (χ4n) is 4.89. The molecule has 2 aliphatic heterocycles. The van der Waals surface area contributed by atoms with Crippen LogP contribution in [0.4, 0.5) is 10.5 Å². The smallest absolute Gasteiger partial charge is 0.410 e. The molecule has 4 nitrogen and oxygen atoms in total. The molecule has 0 aromatic heterocycles. The van der Waals surface area contributed by atoms with E-state index in [1.807, 2.05) is 17.9 Å². The molecular weight excluding hydrogens is 324 g/mol. The Kier molecular flexibility index (Phi) is 3.50. The summed E-state index contributed by atoms with van der Waals surface area (Å²) in [6.45, 7) is 5.10. The van der Waals surface area contributed by atoms with Crippen LogP contribution >= 0.6 is 11.6 Å². The summed E-state index contributed by atoms with van der Waals surface area (Å²) in [4.78, 5) is 19.4. The summed E-state index contributed by atoms with van der Waals surface area (Å²) in [6.07, 6.45) is 2.31.